The van der Waals surface area contributed by atoms with Gasteiger partial charge in [0.05, 0.1) is 15.7 Å². The van der Waals surface area contributed by atoms with Gasteiger partial charge in [0, 0.05) is 36.8 Å². The molecule has 2 aromatic rings. The molecule has 1 N–H and O–H groups in total. The molecule has 4 rings (SSSR count). The molecule has 4 nitrogen and oxygen atoms in total. The van der Waals surface area contributed by atoms with Crippen molar-refractivity contribution in [2.75, 3.05) is 0 Å². The highest BCUT2D eigenvalue weighted by atomic mass is 35.5. The summed E-state index contributed by atoms with van der Waals surface area (Å²) in [5.41, 5.74) is 3.47. The lowest BCUT2D eigenvalue weighted by Gasteiger charge is -2.35. The van der Waals surface area contributed by atoms with Crippen LogP contribution >= 0.6 is 23.2 Å². The summed E-state index contributed by atoms with van der Waals surface area (Å²) in [5, 5.41) is 10.3. The molecule has 3 heterocycles. The Hall–Kier alpha value is -1.36. The van der Waals surface area contributed by atoms with Gasteiger partial charge in [0.25, 0.3) is 0 Å². The Morgan fingerprint density at radius 1 is 1.26 bits per heavy atom. The molecule has 0 saturated carbocycles. The van der Waals surface area contributed by atoms with E-state index in [0.717, 1.165) is 30.8 Å². The monoisotopic (exact) mass is 349 g/mol. The summed E-state index contributed by atoms with van der Waals surface area (Å²) >= 11 is 12.1. The first-order valence-electron chi connectivity index (χ1n) is 7.78. The van der Waals surface area contributed by atoms with Crippen molar-refractivity contribution >= 4 is 23.2 Å². The summed E-state index contributed by atoms with van der Waals surface area (Å²) in [6, 6.07) is 4.44. The van der Waals surface area contributed by atoms with Crippen molar-refractivity contribution < 1.29 is 5.11 Å². The average molecular weight is 350 g/mol. The first-order valence-corrected chi connectivity index (χ1v) is 8.53. The van der Waals surface area contributed by atoms with Crippen molar-refractivity contribution in [1.29, 1.82) is 0 Å². The van der Waals surface area contributed by atoms with E-state index < -0.39 is 0 Å². The third-order valence-electron chi connectivity index (χ3n) is 4.89. The zero-order valence-electron chi connectivity index (χ0n) is 12.8. The predicted molar refractivity (Wildman–Crippen MR) is 89.9 cm³/mol. The van der Waals surface area contributed by atoms with E-state index in [-0.39, 0.29) is 5.75 Å². The number of aromatic hydroxyl groups is 1. The van der Waals surface area contributed by atoms with Crippen LogP contribution in [0.4, 0.5) is 0 Å². The third kappa shape index (κ3) is 2.59. The molecule has 2 aliphatic heterocycles. The first-order chi connectivity index (χ1) is 11.0. The predicted octanol–water partition coefficient (Wildman–Crippen LogP) is 4.06. The second kappa shape index (κ2) is 5.62. The molecule has 0 spiro atoms. The van der Waals surface area contributed by atoms with Gasteiger partial charge in [-0.25, -0.2) is 9.97 Å². The molecule has 1 saturated heterocycles. The Bertz CT molecular complexity index is 757. The van der Waals surface area contributed by atoms with Gasteiger partial charge in [-0.1, -0.05) is 23.2 Å². The van der Waals surface area contributed by atoms with Gasteiger partial charge >= 0.3 is 0 Å². The fourth-order valence-corrected chi connectivity index (χ4v) is 4.37. The summed E-state index contributed by atoms with van der Waals surface area (Å²) in [4.78, 5) is 11.5. The van der Waals surface area contributed by atoms with Crippen molar-refractivity contribution in [1.82, 2.24) is 14.9 Å². The number of halogens is 2. The van der Waals surface area contributed by atoms with Gasteiger partial charge in [-0.3, -0.25) is 4.90 Å². The number of fused-ring (bicyclic) bond motifs is 4. The Balaban J connectivity index is 1.65. The van der Waals surface area contributed by atoms with Crippen molar-refractivity contribution in [3.8, 4) is 5.75 Å². The van der Waals surface area contributed by atoms with Crippen LogP contribution in [0.15, 0.2) is 18.3 Å². The molecular formula is C17H17Cl2N3O. The van der Waals surface area contributed by atoms with E-state index in [1.54, 1.807) is 12.1 Å². The van der Waals surface area contributed by atoms with E-state index in [9.17, 15) is 5.11 Å². The molecule has 0 aliphatic carbocycles. The molecule has 2 bridgehead atoms. The lowest BCUT2D eigenvalue weighted by Crippen LogP contribution is -2.37. The average Bonchev–Trinajstić information content (AvgIpc) is 2.78. The molecule has 0 unspecified atom stereocenters. The third-order valence-corrected chi connectivity index (χ3v) is 5.47. The molecule has 0 radical (unpaired) electrons. The Morgan fingerprint density at radius 3 is 2.74 bits per heavy atom. The number of nitrogens with zero attached hydrogens (tertiary/aromatic N) is 3. The lowest BCUT2D eigenvalue weighted by atomic mass is 9.98. The van der Waals surface area contributed by atoms with Gasteiger partial charge in [0.15, 0.2) is 5.75 Å². The highest BCUT2D eigenvalue weighted by Gasteiger charge is 2.40. The molecule has 0 amide bonds. The minimum absolute atomic E-state index is 0.0482. The SMILES string of the molecule is Cc1ncc2c(n1)C[C@@H]1CC[C@@H]2N1Cc1cc(Cl)c(O)c(Cl)c1. The van der Waals surface area contributed by atoms with Crippen LogP contribution in [0.3, 0.4) is 0 Å². The van der Waals surface area contributed by atoms with Crippen LogP contribution in [0.5, 0.6) is 5.75 Å². The smallest absolute Gasteiger partial charge is 0.152 e. The van der Waals surface area contributed by atoms with E-state index in [4.69, 9.17) is 23.2 Å². The summed E-state index contributed by atoms with van der Waals surface area (Å²) in [5.74, 6) is 0.793. The number of aryl methyl sites for hydroxylation is 1. The van der Waals surface area contributed by atoms with E-state index in [1.807, 2.05) is 13.1 Å². The van der Waals surface area contributed by atoms with Crippen LogP contribution in [-0.2, 0) is 13.0 Å². The Morgan fingerprint density at radius 2 is 2.00 bits per heavy atom. The molecule has 6 heteroatoms. The van der Waals surface area contributed by atoms with Crippen LogP contribution in [0.2, 0.25) is 10.0 Å². The lowest BCUT2D eigenvalue weighted by molar-refractivity contribution is 0.166. The molecule has 1 fully saturated rings. The minimum atomic E-state index is -0.0482. The molecule has 23 heavy (non-hydrogen) atoms. The highest BCUT2D eigenvalue weighted by Crippen LogP contribution is 2.44. The van der Waals surface area contributed by atoms with Gasteiger partial charge < -0.3 is 5.11 Å². The minimum Gasteiger partial charge on any atom is -0.505 e. The van der Waals surface area contributed by atoms with Gasteiger partial charge in [0.2, 0.25) is 0 Å². The van der Waals surface area contributed by atoms with Crippen LogP contribution in [-0.4, -0.2) is 26.0 Å². The molecule has 1 aromatic heterocycles. The number of phenols is 1. The van der Waals surface area contributed by atoms with Crippen LogP contribution in [0, 0.1) is 6.92 Å². The van der Waals surface area contributed by atoms with Gasteiger partial charge in [-0.05, 0) is 37.5 Å². The number of hydrogen-bond acceptors (Lipinski definition) is 4. The van der Waals surface area contributed by atoms with Gasteiger partial charge in [-0.2, -0.15) is 0 Å². The zero-order valence-corrected chi connectivity index (χ0v) is 14.3. The maximum Gasteiger partial charge on any atom is 0.152 e. The fraction of sp³-hybridized carbons (Fsp3) is 0.412. The summed E-state index contributed by atoms with van der Waals surface area (Å²) in [7, 11) is 0. The van der Waals surface area contributed by atoms with E-state index in [1.165, 1.54) is 17.7 Å². The maximum atomic E-state index is 9.72. The van der Waals surface area contributed by atoms with E-state index >= 15 is 0 Å². The van der Waals surface area contributed by atoms with Crippen LogP contribution in [0.1, 0.15) is 41.5 Å². The summed E-state index contributed by atoms with van der Waals surface area (Å²) in [6.07, 6.45) is 5.24. The number of aromatic nitrogens is 2. The second-order valence-electron chi connectivity index (χ2n) is 6.35. The fourth-order valence-electron chi connectivity index (χ4n) is 3.84. The standard InChI is InChI=1S/C17H17Cl2N3O/c1-9-20-7-12-15(21-9)6-11-2-3-16(12)22(11)8-10-4-13(18)17(23)14(19)5-10/h4-5,7,11,16,23H,2-3,6,8H2,1H3/t11-,16-/m0/s1. The highest BCUT2D eigenvalue weighted by molar-refractivity contribution is 6.37. The topological polar surface area (TPSA) is 49.2 Å². The van der Waals surface area contributed by atoms with Crippen molar-refractivity contribution in [2.45, 2.75) is 44.8 Å². The van der Waals surface area contributed by atoms with Crippen LogP contribution in [0.25, 0.3) is 0 Å². The molecule has 120 valence electrons. The largest absolute Gasteiger partial charge is 0.505 e. The number of hydrogen-bond donors (Lipinski definition) is 1. The Labute approximate surface area is 145 Å². The van der Waals surface area contributed by atoms with Gasteiger partial charge in [-0.15, -0.1) is 0 Å². The van der Waals surface area contributed by atoms with Crippen molar-refractivity contribution in [3.63, 3.8) is 0 Å². The Kier molecular flexibility index (Phi) is 3.71. The summed E-state index contributed by atoms with van der Waals surface area (Å²) < 4.78 is 0. The molecular weight excluding hydrogens is 333 g/mol. The second-order valence-corrected chi connectivity index (χ2v) is 7.17. The van der Waals surface area contributed by atoms with Crippen LogP contribution < -0.4 is 0 Å². The normalized spacial score (nSPS) is 23.1. The van der Waals surface area contributed by atoms with E-state index in [2.05, 4.69) is 14.9 Å². The van der Waals surface area contributed by atoms with Gasteiger partial charge in [0.1, 0.15) is 5.82 Å². The van der Waals surface area contributed by atoms with E-state index in [0.29, 0.717) is 22.1 Å². The number of phenolic OH excluding ortho intramolecular Hbond substituents is 1. The molecule has 2 atom stereocenters. The quantitative estimate of drug-likeness (QED) is 0.887. The zero-order chi connectivity index (χ0) is 16.1. The maximum absolute atomic E-state index is 9.72. The molecule has 2 aliphatic rings. The summed E-state index contributed by atoms with van der Waals surface area (Å²) in [6.45, 7) is 2.71. The van der Waals surface area contributed by atoms with Crippen molar-refractivity contribution in [3.05, 3.63) is 51.0 Å². The molecule has 1 aromatic carbocycles. The number of rotatable bonds is 2. The number of benzene rings is 1. The van der Waals surface area contributed by atoms with Crippen molar-refractivity contribution in [2.24, 2.45) is 0 Å². The first kappa shape index (κ1) is 15.2.